The van der Waals surface area contributed by atoms with Crippen LogP contribution in [0.2, 0.25) is 0 Å². The van der Waals surface area contributed by atoms with Crippen LogP contribution in [0.15, 0.2) is 42.5 Å². The van der Waals surface area contributed by atoms with Gasteiger partial charge in [0.15, 0.2) is 0 Å². The molecule has 0 aliphatic carbocycles. The van der Waals surface area contributed by atoms with Gasteiger partial charge >= 0.3 is 0 Å². The molecule has 1 atom stereocenters. The Bertz CT molecular complexity index is 851. The number of nitro benzene ring substituents is 1. The molecule has 1 heterocycles. The number of rotatable bonds is 6. The molecule has 142 valence electrons. The zero-order valence-electron chi connectivity index (χ0n) is 15.4. The first-order valence-electron chi connectivity index (χ1n) is 8.98. The number of para-hydroxylation sites is 1. The minimum Gasteiger partial charge on any atom is -0.493 e. The molecule has 27 heavy (non-hydrogen) atoms. The molecule has 0 radical (unpaired) electrons. The molecular formula is C20H23N3O4. The fraction of sp³-hybridized carbons (Fsp3) is 0.350. The molecule has 0 fully saturated rings. The number of anilines is 1. The van der Waals surface area contributed by atoms with Crippen molar-refractivity contribution < 1.29 is 14.5 Å². The van der Waals surface area contributed by atoms with E-state index in [1.54, 1.807) is 12.1 Å². The average Bonchev–Trinajstić information content (AvgIpc) is 2.65. The largest absolute Gasteiger partial charge is 0.493 e. The molecule has 2 aromatic carbocycles. The summed E-state index contributed by atoms with van der Waals surface area (Å²) in [6, 6.07) is 12.4. The Balaban J connectivity index is 1.69. The Labute approximate surface area is 157 Å². The molecule has 2 aromatic rings. The quantitative estimate of drug-likeness (QED) is 0.601. The summed E-state index contributed by atoms with van der Waals surface area (Å²) in [6.07, 6.45) is 0.853. The predicted molar refractivity (Wildman–Crippen MR) is 103 cm³/mol. The van der Waals surface area contributed by atoms with E-state index in [2.05, 4.69) is 10.6 Å². The summed E-state index contributed by atoms with van der Waals surface area (Å²) in [5.74, 6) is 0.792. The molecule has 1 aliphatic rings. The number of hydrogen-bond donors (Lipinski definition) is 2. The van der Waals surface area contributed by atoms with Gasteiger partial charge in [-0.05, 0) is 44.0 Å². The van der Waals surface area contributed by atoms with Crippen LogP contribution in [-0.2, 0) is 6.42 Å². The van der Waals surface area contributed by atoms with E-state index in [4.69, 9.17) is 4.74 Å². The van der Waals surface area contributed by atoms with Crippen LogP contribution in [-0.4, -0.2) is 30.0 Å². The molecule has 7 nitrogen and oxygen atoms in total. The van der Waals surface area contributed by atoms with E-state index in [9.17, 15) is 14.9 Å². The van der Waals surface area contributed by atoms with Gasteiger partial charge in [0.1, 0.15) is 11.4 Å². The molecule has 0 spiro atoms. The average molecular weight is 369 g/mol. The molecule has 2 N–H and O–H groups in total. The molecule has 0 saturated carbocycles. The monoisotopic (exact) mass is 369 g/mol. The maximum atomic E-state index is 12.1. The standard InChI is InChI=1S/C20H23N3O4/c1-13(2)22-20(24)16-7-8-17(18(10-16)23(25)26)21-11-14-9-15-5-3-4-6-19(15)27-12-14/h3-8,10,13-14,21H,9,11-12H2,1-2H3,(H,22,24)/t14-/m1/s1. The van der Waals surface area contributed by atoms with E-state index in [1.807, 2.05) is 38.1 Å². The van der Waals surface area contributed by atoms with Gasteiger partial charge in [-0.1, -0.05) is 18.2 Å². The second-order valence-electron chi connectivity index (χ2n) is 6.99. The molecule has 0 unspecified atom stereocenters. The highest BCUT2D eigenvalue weighted by atomic mass is 16.6. The molecule has 0 bridgehead atoms. The van der Waals surface area contributed by atoms with E-state index in [1.165, 1.54) is 6.07 Å². The van der Waals surface area contributed by atoms with Gasteiger partial charge in [-0.25, -0.2) is 0 Å². The van der Waals surface area contributed by atoms with E-state index in [-0.39, 0.29) is 29.1 Å². The lowest BCUT2D eigenvalue weighted by molar-refractivity contribution is -0.384. The van der Waals surface area contributed by atoms with Crippen LogP contribution in [0.3, 0.4) is 0 Å². The molecule has 0 aromatic heterocycles. The number of fused-ring (bicyclic) bond motifs is 1. The predicted octanol–water partition coefficient (Wildman–Crippen LogP) is 3.40. The Morgan fingerprint density at radius 3 is 2.81 bits per heavy atom. The van der Waals surface area contributed by atoms with Crippen LogP contribution < -0.4 is 15.4 Å². The second-order valence-corrected chi connectivity index (χ2v) is 6.99. The van der Waals surface area contributed by atoms with Gasteiger partial charge in [-0.15, -0.1) is 0 Å². The van der Waals surface area contributed by atoms with Crippen LogP contribution in [0.4, 0.5) is 11.4 Å². The maximum absolute atomic E-state index is 12.1. The van der Waals surface area contributed by atoms with Gasteiger partial charge in [0.25, 0.3) is 11.6 Å². The van der Waals surface area contributed by atoms with Crippen molar-refractivity contribution in [1.82, 2.24) is 5.32 Å². The van der Waals surface area contributed by atoms with Crippen molar-refractivity contribution in [2.75, 3.05) is 18.5 Å². The molecular weight excluding hydrogens is 346 g/mol. The normalized spacial score (nSPS) is 15.6. The number of carbonyl (C=O) groups excluding carboxylic acids is 1. The lowest BCUT2D eigenvalue weighted by Crippen LogP contribution is -2.30. The van der Waals surface area contributed by atoms with Gasteiger partial charge in [0.05, 0.1) is 11.5 Å². The van der Waals surface area contributed by atoms with Gasteiger partial charge in [-0.3, -0.25) is 14.9 Å². The highest BCUT2D eigenvalue weighted by Crippen LogP contribution is 2.29. The van der Waals surface area contributed by atoms with Crippen molar-refractivity contribution >= 4 is 17.3 Å². The zero-order chi connectivity index (χ0) is 19.4. The van der Waals surface area contributed by atoms with E-state index in [0.717, 1.165) is 17.7 Å². The van der Waals surface area contributed by atoms with Crippen LogP contribution >= 0.6 is 0 Å². The Morgan fingerprint density at radius 1 is 1.30 bits per heavy atom. The fourth-order valence-corrected chi connectivity index (χ4v) is 3.10. The molecule has 0 saturated heterocycles. The van der Waals surface area contributed by atoms with Crippen LogP contribution in [0.5, 0.6) is 5.75 Å². The number of hydrogen-bond acceptors (Lipinski definition) is 5. The molecule has 3 rings (SSSR count). The zero-order valence-corrected chi connectivity index (χ0v) is 15.4. The first-order chi connectivity index (χ1) is 12.9. The summed E-state index contributed by atoms with van der Waals surface area (Å²) >= 11 is 0. The number of nitrogens with one attached hydrogen (secondary N) is 2. The van der Waals surface area contributed by atoms with Gasteiger partial charge in [0, 0.05) is 30.1 Å². The number of nitro groups is 1. The third-order valence-corrected chi connectivity index (χ3v) is 4.41. The summed E-state index contributed by atoms with van der Waals surface area (Å²) in [5.41, 5.74) is 1.71. The lowest BCUT2D eigenvalue weighted by Gasteiger charge is -2.25. The topological polar surface area (TPSA) is 93.5 Å². The highest BCUT2D eigenvalue weighted by molar-refractivity contribution is 5.95. The lowest BCUT2D eigenvalue weighted by atomic mass is 9.96. The van der Waals surface area contributed by atoms with Crippen molar-refractivity contribution in [3.05, 3.63) is 63.7 Å². The molecule has 1 aliphatic heterocycles. The Hall–Kier alpha value is -3.09. The minimum atomic E-state index is -0.471. The first-order valence-corrected chi connectivity index (χ1v) is 8.98. The van der Waals surface area contributed by atoms with Crippen LogP contribution in [0, 0.1) is 16.0 Å². The van der Waals surface area contributed by atoms with Crippen molar-refractivity contribution in [3.8, 4) is 5.75 Å². The molecule has 1 amide bonds. The maximum Gasteiger partial charge on any atom is 0.293 e. The summed E-state index contributed by atoms with van der Waals surface area (Å²) in [5, 5.41) is 17.3. The summed E-state index contributed by atoms with van der Waals surface area (Å²) in [6.45, 7) is 4.79. The number of amides is 1. The summed E-state index contributed by atoms with van der Waals surface area (Å²) in [4.78, 5) is 23.1. The smallest absolute Gasteiger partial charge is 0.293 e. The van der Waals surface area contributed by atoms with E-state index in [0.29, 0.717) is 18.8 Å². The number of nitrogens with zero attached hydrogens (tertiary/aromatic N) is 1. The SMILES string of the molecule is CC(C)NC(=O)c1ccc(NC[C@@H]2COc3ccccc3C2)c([N+](=O)[O-])c1. The summed E-state index contributed by atoms with van der Waals surface area (Å²) in [7, 11) is 0. The minimum absolute atomic E-state index is 0.0384. The number of benzene rings is 2. The summed E-state index contributed by atoms with van der Waals surface area (Å²) < 4.78 is 5.76. The third-order valence-electron chi connectivity index (χ3n) is 4.41. The third kappa shape index (κ3) is 4.55. The van der Waals surface area contributed by atoms with Crippen molar-refractivity contribution in [2.24, 2.45) is 5.92 Å². The van der Waals surface area contributed by atoms with E-state index >= 15 is 0 Å². The van der Waals surface area contributed by atoms with Gasteiger partial charge in [-0.2, -0.15) is 0 Å². The Kier molecular flexibility index (Phi) is 5.59. The fourth-order valence-electron chi connectivity index (χ4n) is 3.10. The molecule has 7 heteroatoms. The van der Waals surface area contributed by atoms with Crippen LogP contribution in [0.25, 0.3) is 0 Å². The number of carbonyl (C=O) groups is 1. The second kappa shape index (κ2) is 8.07. The van der Waals surface area contributed by atoms with Gasteiger partial charge < -0.3 is 15.4 Å². The van der Waals surface area contributed by atoms with Crippen molar-refractivity contribution in [3.63, 3.8) is 0 Å². The highest BCUT2D eigenvalue weighted by Gasteiger charge is 2.22. The van der Waals surface area contributed by atoms with Gasteiger partial charge in [0.2, 0.25) is 0 Å². The van der Waals surface area contributed by atoms with Crippen molar-refractivity contribution in [2.45, 2.75) is 26.3 Å². The first kappa shape index (κ1) is 18.7. The van der Waals surface area contributed by atoms with Crippen molar-refractivity contribution in [1.29, 1.82) is 0 Å². The Morgan fingerprint density at radius 2 is 2.07 bits per heavy atom. The number of ether oxygens (including phenoxy) is 1. The van der Waals surface area contributed by atoms with E-state index < -0.39 is 4.92 Å². The van der Waals surface area contributed by atoms with Crippen LogP contribution in [0.1, 0.15) is 29.8 Å².